The van der Waals surface area contributed by atoms with E-state index in [4.69, 9.17) is 15.2 Å². The van der Waals surface area contributed by atoms with Gasteiger partial charge in [-0.15, -0.1) is 11.3 Å². The van der Waals surface area contributed by atoms with Crippen molar-refractivity contribution in [2.45, 2.75) is 6.61 Å². The number of nitrogens with two attached hydrogens (primary N) is 1. The molecule has 0 saturated heterocycles. The second kappa shape index (κ2) is 8.16. The van der Waals surface area contributed by atoms with Crippen molar-refractivity contribution in [2.24, 2.45) is 5.10 Å². The molecule has 0 aliphatic rings. The van der Waals surface area contributed by atoms with E-state index in [1.54, 1.807) is 18.7 Å². The zero-order valence-corrected chi connectivity index (χ0v) is 14.5. The van der Waals surface area contributed by atoms with Crippen LogP contribution in [-0.4, -0.2) is 18.3 Å². The molecule has 0 fully saturated rings. The third-order valence-electron chi connectivity index (χ3n) is 3.34. The normalized spacial score (nSPS) is 10.8. The lowest BCUT2D eigenvalue weighted by atomic mass is 10.2. The van der Waals surface area contributed by atoms with Crippen LogP contribution >= 0.6 is 11.3 Å². The molecule has 0 amide bonds. The van der Waals surface area contributed by atoms with Crippen molar-refractivity contribution in [1.29, 1.82) is 0 Å². The number of nitrogens with one attached hydrogen (secondary N) is 1. The Morgan fingerprint density at radius 1 is 1.24 bits per heavy atom. The summed E-state index contributed by atoms with van der Waals surface area (Å²) in [4.78, 5) is 4.08. The van der Waals surface area contributed by atoms with Gasteiger partial charge in [0.1, 0.15) is 23.9 Å². The van der Waals surface area contributed by atoms with Gasteiger partial charge in [-0.25, -0.2) is 4.98 Å². The van der Waals surface area contributed by atoms with Crippen molar-refractivity contribution >= 4 is 28.5 Å². The number of anilines is 2. The van der Waals surface area contributed by atoms with Crippen LogP contribution in [0.25, 0.3) is 0 Å². The van der Waals surface area contributed by atoms with Crippen LogP contribution in [0.15, 0.2) is 59.0 Å². The Kier molecular flexibility index (Phi) is 5.48. The van der Waals surface area contributed by atoms with Crippen LogP contribution in [0.4, 0.5) is 10.9 Å². The van der Waals surface area contributed by atoms with Gasteiger partial charge in [-0.05, 0) is 23.8 Å². The molecule has 25 heavy (non-hydrogen) atoms. The summed E-state index contributed by atoms with van der Waals surface area (Å²) in [7, 11) is 1.62. The molecule has 0 saturated carbocycles. The summed E-state index contributed by atoms with van der Waals surface area (Å²) in [6, 6.07) is 15.6. The van der Waals surface area contributed by atoms with Gasteiger partial charge in [0.05, 0.1) is 13.3 Å². The van der Waals surface area contributed by atoms with Gasteiger partial charge in [-0.3, -0.25) is 5.43 Å². The highest BCUT2D eigenvalue weighted by Gasteiger charge is 2.04. The van der Waals surface area contributed by atoms with Crippen molar-refractivity contribution in [2.75, 3.05) is 18.3 Å². The van der Waals surface area contributed by atoms with Crippen molar-refractivity contribution in [1.82, 2.24) is 4.98 Å². The average Bonchev–Trinajstić information content (AvgIpc) is 3.06. The maximum Gasteiger partial charge on any atom is 0.205 e. The number of methoxy groups -OCH3 is 1. The van der Waals surface area contributed by atoms with Crippen molar-refractivity contribution in [3.63, 3.8) is 0 Å². The van der Waals surface area contributed by atoms with Gasteiger partial charge in [0.15, 0.2) is 0 Å². The standard InChI is InChI=1S/C18H18N4O2S/c1-23-16-8-7-15(24-11-13-5-3-2-4-6-13)9-14(16)10-20-22-18-21-17(19)12-25-18/h2-10,12H,11,19H2,1H3,(H,21,22). The van der Waals surface area contributed by atoms with E-state index in [0.29, 0.717) is 23.3 Å². The predicted octanol–water partition coefficient (Wildman–Crippen LogP) is 3.76. The Morgan fingerprint density at radius 3 is 2.80 bits per heavy atom. The third-order valence-corrected chi connectivity index (χ3v) is 4.10. The number of hydrogen-bond acceptors (Lipinski definition) is 7. The lowest BCUT2D eigenvalue weighted by Crippen LogP contribution is -1.98. The average molecular weight is 354 g/mol. The van der Waals surface area contributed by atoms with Gasteiger partial charge >= 0.3 is 0 Å². The summed E-state index contributed by atoms with van der Waals surface area (Å²) in [6.45, 7) is 0.500. The largest absolute Gasteiger partial charge is 0.496 e. The Bertz CT molecular complexity index is 849. The van der Waals surface area contributed by atoms with E-state index in [-0.39, 0.29) is 0 Å². The molecule has 2 aromatic carbocycles. The molecular weight excluding hydrogens is 336 g/mol. The number of hydrazone groups is 1. The molecule has 0 unspecified atom stereocenters. The first-order valence-corrected chi connectivity index (χ1v) is 8.47. The molecule has 0 aliphatic carbocycles. The number of thiazole rings is 1. The second-order valence-electron chi connectivity index (χ2n) is 5.13. The molecule has 0 spiro atoms. The van der Waals surface area contributed by atoms with Gasteiger partial charge in [-0.1, -0.05) is 30.3 Å². The van der Waals surface area contributed by atoms with Crippen LogP contribution in [0.3, 0.4) is 0 Å². The van der Waals surface area contributed by atoms with Crippen LogP contribution in [-0.2, 0) is 6.61 Å². The molecule has 0 atom stereocenters. The van der Waals surface area contributed by atoms with Crippen LogP contribution in [0.5, 0.6) is 11.5 Å². The lowest BCUT2D eigenvalue weighted by Gasteiger charge is -2.09. The number of benzene rings is 2. The molecule has 7 heteroatoms. The number of aromatic nitrogens is 1. The minimum Gasteiger partial charge on any atom is -0.496 e. The number of nitrogens with zero attached hydrogens (tertiary/aromatic N) is 2. The molecule has 0 bridgehead atoms. The number of ether oxygens (including phenoxy) is 2. The minimum absolute atomic E-state index is 0.469. The van der Waals surface area contributed by atoms with E-state index in [1.807, 2.05) is 48.5 Å². The fourth-order valence-corrected chi connectivity index (χ4v) is 2.69. The Labute approximate surface area is 149 Å². The summed E-state index contributed by atoms with van der Waals surface area (Å²) < 4.78 is 11.2. The highest BCUT2D eigenvalue weighted by atomic mass is 32.1. The van der Waals surface area contributed by atoms with Gasteiger partial charge in [0.25, 0.3) is 0 Å². The van der Waals surface area contributed by atoms with E-state index < -0.39 is 0 Å². The third kappa shape index (κ3) is 4.71. The summed E-state index contributed by atoms with van der Waals surface area (Å²) in [5.74, 6) is 1.91. The lowest BCUT2D eigenvalue weighted by molar-refractivity contribution is 0.305. The first-order chi connectivity index (χ1) is 12.2. The maximum absolute atomic E-state index is 5.84. The quantitative estimate of drug-likeness (QED) is 0.499. The zero-order chi connectivity index (χ0) is 17.5. The Hall–Kier alpha value is -3.06. The second-order valence-corrected chi connectivity index (χ2v) is 5.98. The molecule has 6 nitrogen and oxygen atoms in total. The highest BCUT2D eigenvalue weighted by Crippen LogP contribution is 2.24. The number of hydrogen-bond donors (Lipinski definition) is 2. The molecule has 128 valence electrons. The van der Waals surface area contributed by atoms with Crippen molar-refractivity contribution in [3.8, 4) is 11.5 Å². The molecular formula is C18H18N4O2S. The van der Waals surface area contributed by atoms with Crippen LogP contribution in [0, 0.1) is 0 Å². The Morgan fingerprint density at radius 2 is 2.08 bits per heavy atom. The Balaban J connectivity index is 1.68. The van der Waals surface area contributed by atoms with E-state index in [1.165, 1.54) is 11.3 Å². The highest BCUT2D eigenvalue weighted by molar-refractivity contribution is 7.14. The van der Waals surface area contributed by atoms with E-state index >= 15 is 0 Å². The molecule has 1 aromatic heterocycles. The fraction of sp³-hybridized carbons (Fsp3) is 0.111. The van der Waals surface area contributed by atoms with Crippen molar-refractivity contribution < 1.29 is 9.47 Å². The van der Waals surface area contributed by atoms with Gasteiger partial charge in [0, 0.05) is 10.9 Å². The molecule has 1 heterocycles. The predicted molar refractivity (Wildman–Crippen MR) is 102 cm³/mol. The summed E-state index contributed by atoms with van der Waals surface area (Å²) in [6.07, 6.45) is 1.66. The van der Waals surface area contributed by atoms with Crippen LogP contribution in [0.1, 0.15) is 11.1 Å². The fourth-order valence-electron chi connectivity index (χ4n) is 2.14. The monoisotopic (exact) mass is 354 g/mol. The number of nitrogen functional groups attached to an aromatic ring is 1. The molecule has 0 radical (unpaired) electrons. The zero-order valence-electron chi connectivity index (χ0n) is 13.7. The molecule has 0 aliphatic heterocycles. The first-order valence-electron chi connectivity index (χ1n) is 7.59. The topological polar surface area (TPSA) is 81.8 Å². The van der Waals surface area contributed by atoms with Crippen LogP contribution < -0.4 is 20.6 Å². The SMILES string of the molecule is COc1ccc(OCc2ccccc2)cc1C=NNc1nc(N)cs1. The van der Waals surface area contributed by atoms with Gasteiger partial charge in [-0.2, -0.15) is 5.10 Å². The summed E-state index contributed by atoms with van der Waals surface area (Å²) in [5.41, 5.74) is 10.3. The van der Waals surface area contributed by atoms with Gasteiger partial charge < -0.3 is 15.2 Å². The van der Waals surface area contributed by atoms with E-state index in [2.05, 4.69) is 15.5 Å². The van der Waals surface area contributed by atoms with Crippen molar-refractivity contribution in [3.05, 3.63) is 65.0 Å². The van der Waals surface area contributed by atoms with Crippen LogP contribution in [0.2, 0.25) is 0 Å². The molecule has 3 aromatic rings. The summed E-state index contributed by atoms with van der Waals surface area (Å²) >= 11 is 1.39. The first kappa shape index (κ1) is 16.8. The summed E-state index contributed by atoms with van der Waals surface area (Å²) in [5, 5.41) is 6.55. The minimum atomic E-state index is 0.469. The molecule has 3 N–H and O–H groups in total. The molecule has 3 rings (SSSR count). The number of rotatable bonds is 7. The van der Waals surface area contributed by atoms with Gasteiger partial charge in [0.2, 0.25) is 5.13 Å². The van der Waals surface area contributed by atoms with E-state index in [9.17, 15) is 0 Å². The maximum atomic E-state index is 5.84. The van der Waals surface area contributed by atoms with E-state index in [0.717, 1.165) is 16.9 Å². The smallest absolute Gasteiger partial charge is 0.205 e.